The van der Waals surface area contributed by atoms with E-state index in [0.717, 1.165) is 25.8 Å². The van der Waals surface area contributed by atoms with Crippen LogP contribution < -0.4 is 0 Å². The van der Waals surface area contributed by atoms with Crippen molar-refractivity contribution in [2.75, 3.05) is 0 Å². The number of hydrogen-bond donors (Lipinski definition) is 0. The van der Waals surface area contributed by atoms with E-state index in [1.807, 2.05) is 13.1 Å². The molecule has 0 N–H and O–H groups in total. The van der Waals surface area contributed by atoms with Gasteiger partial charge in [-0.3, -0.25) is 9.48 Å². The second-order valence-corrected chi connectivity index (χ2v) is 4.38. The van der Waals surface area contributed by atoms with Gasteiger partial charge in [0, 0.05) is 36.7 Å². The van der Waals surface area contributed by atoms with Crippen molar-refractivity contribution in [1.82, 2.24) is 9.78 Å². The maximum absolute atomic E-state index is 11.5. The number of carbonyl (C=O) groups is 1. The molecule has 2 rings (SSSR count). The molecule has 1 fully saturated rings. The van der Waals surface area contributed by atoms with E-state index in [2.05, 4.69) is 22.8 Å². The van der Waals surface area contributed by atoms with Gasteiger partial charge in [0.15, 0.2) is 0 Å². The lowest BCUT2D eigenvalue weighted by atomic mass is 9.94. The number of Topliss-reactive ketones (excluding diaryl/α,β-unsaturated/α-hetero) is 1. The fraction of sp³-hybridized carbons (Fsp3) is 0.667. The van der Waals surface area contributed by atoms with Gasteiger partial charge in [-0.2, -0.15) is 5.10 Å². The van der Waals surface area contributed by atoms with E-state index in [0.29, 0.717) is 11.7 Å². The first-order valence-corrected chi connectivity index (χ1v) is 5.78. The van der Waals surface area contributed by atoms with Crippen LogP contribution in [0.25, 0.3) is 0 Å². The minimum Gasteiger partial charge on any atom is -0.299 e. The van der Waals surface area contributed by atoms with Crippen molar-refractivity contribution in [2.24, 2.45) is 5.92 Å². The Morgan fingerprint density at radius 2 is 2.40 bits per heavy atom. The topological polar surface area (TPSA) is 34.9 Å². The predicted octanol–water partition coefficient (Wildman–Crippen LogP) is 2.38. The number of nitrogens with zero attached hydrogens (tertiary/aromatic N) is 2. The molecule has 0 radical (unpaired) electrons. The summed E-state index contributed by atoms with van der Waals surface area (Å²) in [7, 11) is 0. The van der Waals surface area contributed by atoms with Gasteiger partial charge in [-0.1, -0.05) is 13.8 Å². The third-order valence-corrected chi connectivity index (χ3v) is 3.38. The van der Waals surface area contributed by atoms with E-state index >= 15 is 0 Å². The first-order chi connectivity index (χ1) is 7.24. The van der Waals surface area contributed by atoms with E-state index < -0.39 is 0 Å². The van der Waals surface area contributed by atoms with Crippen molar-refractivity contribution in [3.05, 3.63) is 18.0 Å². The molecule has 15 heavy (non-hydrogen) atoms. The molecule has 0 aliphatic heterocycles. The van der Waals surface area contributed by atoms with Crippen LogP contribution in [0.1, 0.15) is 44.7 Å². The molecule has 0 bridgehead atoms. The molecule has 82 valence electrons. The molecule has 3 heteroatoms. The standard InChI is InChI=1S/C12H18N2O/c1-3-8-14-11(6-7-13-14)10-4-5-12(15)9(10)2/h6-7,9-10H,3-5,8H2,1-2H3. The molecular weight excluding hydrogens is 188 g/mol. The first-order valence-electron chi connectivity index (χ1n) is 5.78. The number of aromatic nitrogens is 2. The van der Waals surface area contributed by atoms with Crippen molar-refractivity contribution in [3.8, 4) is 0 Å². The Bertz CT molecular complexity index is 356. The third kappa shape index (κ3) is 1.83. The lowest BCUT2D eigenvalue weighted by Gasteiger charge is -2.15. The summed E-state index contributed by atoms with van der Waals surface area (Å²) in [5.41, 5.74) is 1.25. The predicted molar refractivity (Wildman–Crippen MR) is 58.7 cm³/mol. The number of aryl methyl sites for hydroxylation is 1. The van der Waals surface area contributed by atoms with Crippen LogP contribution >= 0.6 is 0 Å². The van der Waals surface area contributed by atoms with Crippen LogP contribution in [-0.2, 0) is 11.3 Å². The lowest BCUT2D eigenvalue weighted by molar-refractivity contribution is -0.120. The zero-order chi connectivity index (χ0) is 10.8. The molecule has 0 aromatic carbocycles. The largest absolute Gasteiger partial charge is 0.299 e. The van der Waals surface area contributed by atoms with Gasteiger partial charge in [-0.25, -0.2) is 0 Å². The molecule has 2 unspecified atom stereocenters. The molecule has 0 spiro atoms. The number of carbonyl (C=O) groups excluding carboxylic acids is 1. The normalized spacial score (nSPS) is 26.1. The van der Waals surface area contributed by atoms with Crippen LogP contribution in [0.2, 0.25) is 0 Å². The molecular formula is C12H18N2O. The van der Waals surface area contributed by atoms with Crippen LogP contribution in [0.5, 0.6) is 0 Å². The number of hydrogen-bond acceptors (Lipinski definition) is 2. The zero-order valence-corrected chi connectivity index (χ0v) is 9.44. The van der Waals surface area contributed by atoms with E-state index in [9.17, 15) is 4.79 Å². The van der Waals surface area contributed by atoms with Gasteiger partial charge in [0.1, 0.15) is 5.78 Å². The Labute approximate surface area is 90.5 Å². The van der Waals surface area contributed by atoms with Crippen LogP contribution in [0.15, 0.2) is 12.3 Å². The van der Waals surface area contributed by atoms with Crippen LogP contribution in [0.3, 0.4) is 0 Å². The Balaban J connectivity index is 2.22. The summed E-state index contributed by atoms with van der Waals surface area (Å²) in [5, 5.41) is 4.32. The van der Waals surface area contributed by atoms with Gasteiger partial charge in [0.25, 0.3) is 0 Å². The average Bonchev–Trinajstić information content (AvgIpc) is 2.77. The van der Waals surface area contributed by atoms with E-state index in [-0.39, 0.29) is 5.92 Å². The highest BCUT2D eigenvalue weighted by atomic mass is 16.1. The maximum Gasteiger partial charge on any atom is 0.136 e. The third-order valence-electron chi connectivity index (χ3n) is 3.38. The average molecular weight is 206 g/mol. The Kier molecular flexibility index (Phi) is 2.89. The quantitative estimate of drug-likeness (QED) is 0.761. The molecule has 1 saturated carbocycles. The molecule has 1 aliphatic carbocycles. The summed E-state index contributed by atoms with van der Waals surface area (Å²) >= 11 is 0. The van der Waals surface area contributed by atoms with Gasteiger partial charge < -0.3 is 0 Å². The fourth-order valence-electron chi connectivity index (χ4n) is 2.46. The number of rotatable bonds is 3. The zero-order valence-electron chi connectivity index (χ0n) is 9.44. The van der Waals surface area contributed by atoms with Crippen LogP contribution in [0, 0.1) is 5.92 Å². The minimum absolute atomic E-state index is 0.178. The molecule has 1 aliphatic rings. The van der Waals surface area contributed by atoms with Crippen LogP contribution in [0.4, 0.5) is 0 Å². The van der Waals surface area contributed by atoms with E-state index in [1.54, 1.807) is 0 Å². The lowest BCUT2D eigenvalue weighted by Crippen LogP contribution is -2.14. The van der Waals surface area contributed by atoms with Gasteiger partial charge in [0.2, 0.25) is 0 Å². The SMILES string of the molecule is CCCn1nccc1C1CCC(=O)C1C. The van der Waals surface area contributed by atoms with Gasteiger partial charge in [-0.15, -0.1) is 0 Å². The van der Waals surface area contributed by atoms with Crippen molar-refractivity contribution in [1.29, 1.82) is 0 Å². The van der Waals surface area contributed by atoms with Crippen molar-refractivity contribution in [2.45, 2.75) is 45.6 Å². The van der Waals surface area contributed by atoms with Gasteiger partial charge in [0.05, 0.1) is 0 Å². The second kappa shape index (κ2) is 4.17. The minimum atomic E-state index is 0.178. The summed E-state index contributed by atoms with van der Waals surface area (Å²) in [6.45, 7) is 5.15. The van der Waals surface area contributed by atoms with E-state index in [1.165, 1.54) is 5.69 Å². The second-order valence-electron chi connectivity index (χ2n) is 4.38. The molecule has 0 saturated heterocycles. The highest BCUT2D eigenvalue weighted by Gasteiger charge is 2.33. The number of ketones is 1. The molecule has 3 nitrogen and oxygen atoms in total. The highest BCUT2D eigenvalue weighted by molar-refractivity contribution is 5.83. The molecule has 1 heterocycles. The molecule has 2 atom stereocenters. The molecule has 0 amide bonds. The first kappa shape index (κ1) is 10.4. The summed E-state index contributed by atoms with van der Waals surface area (Å²) in [5.74, 6) is 0.980. The van der Waals surface area contributed by atoms with Crippen molar-refractivity contribution >= 4 is 5.78 Å². The monoisotopic (exact) mass is 206 g/mol. The van der Waals surface area contributed by atoms with E-state index in [4.69, 9.17) is 0 Å². The Morgan fingerprint density at radius 1 is 1.60 bits per heavy atom. The summed E-state index contributed by atoms with van der Waals surface area (Å²) < 4.78 is 2.06. The molecule has 1 aromatic rings. The highest BCUT2D eigenvalue weighted by Crippen LogP contribution is 2.36. The molecule has 1 aromatic heterocycles. The van der Waals surface area contributed by atoms with Crippen molar-refractivity contribution in [3.63, 3.8) is 0 Å². The summed E-state index contributed by atoms with van der Waals surface area (Å²) in [6, 6.07) is 2.06. The maximum atomic E-state index is 11.5. The summed E-state index contributed by atoms with van der Waals surface area (Å²) in [4.78, 5) is 11.5. The Hall–Kier alpha value is -1.12. The fourth-order valence-corrected chi connectivity index (χ4v) is 2.46. The summed E-state index contributed by atoms with van der Waals surface area (Å²) in [6.07, 6.45) is 4.67. The van der Waals surface area contributed by atoms with Crippen molar-refractivity contribution < 1.29 is 4.79 Å². The van der Waals surface area contributed by atoms with Crippen LogP contribution in [-0.4, -0.2) is 15.6 Å². The smallest absolute Gasteiger partial charge is 0.136 e. The Morgan fingerprint density at radius 3 is 3.00 bits per heavy atom. The van der Waals surface area contributed by atoms with Gasteiger partial charge in [-0.05, 0) is 18.9 Å². The van der Waals surface area contributed by atoms with Gasteiger partial charge >= 0.3 is 0 Å².